The number of pyridine rings is 1. The van der Waals surface area contributed by atoms with Gasteiger partial charge in [-0.1, -0.05) is 11.6 Å². The lowest BCUT2D eigenvalue weighted by molar-refractivity contribution is 0.476. The van der Waals surface area contributed by atoms with E-state index in [1.807, 2.05) is 0 Å². The van der Waals surface area contributed by atoms with E-state index < -0.39 is 0 Å². The lowest BCUT2D eigenvalue weighted by Gasteiger charge is -2.02. The third kappa shape index (κ3) is 1.27. The molecule has 0 atom stereocenters. The average molecular weight is 195 g/mol. The molecule has 2 rings (SSSR count). The van der Waals surface area contributed by atoms with Crippen LogP contribution in [0.1, 0.15) is 0 Å². The highest BCUT2D eigenvalue weighted by atomic mass is 35.5. The van der Waals surface area contributed by atoms with E-state index in [0.717, 1.165) is 5.39 Å². The molecule has 1 aromatic carbocycles. The maximum Gasteiger partial charge on any atom is 0.137 e. The number of hydrogen-bond donors (Lipinski definition) is 2. The molecule has 0 saturated carbocycles. The molecule has 1 aromatic heterocycles. The van der Waals surface area contributed by atoms with Gasteiger partial charge in [0, 0.05) is 10.8 Å². The molecule has 2 aromatic rings. The maximum atomic E-state index is 9.22. The second-order valence-corrected chi connectivity index (χ2v) is 3.09. The first-order chi connectivity index (χ1) is 6.18. The minimum atomic E-state index is 0.154. The van der Waals surface area contributed by atoms with Crippen LogP contribution in [0.25, 0.3) is 10.8 Å². The Hall–Kier alpha value is -1.48. The average Bonchev–Trinajstić information content (AvgIpc) is 2.12. The number of aromatic nitrogens is 1. The summed E-state index contributed by atoms with van der Waals surface area (Å²) in [5, 5.41) is 11.0. The van der Waals surface area contributed by atoms with Crippen LogP contribution >= 0.6 is 11.6 Å². The summed E-state index contributed by atoms with van der Waals surface area (Å²) in [6.45, 7) is 0. The summed E-state index contributed by atoms with van der Waals surface area (Å²) in [6, 6.07) is 4.82. The first kappa shape index (κ1) is 8.13. The van der Waals surface area contributed by atoms with Crippen LogP contribution in [-0.2, 0) is 0 Å². The molecule has 0 fully saturated rings. The van der Waals surface area contributed by atoms with Crippen molar-refractivity contribution in [1.29, 1.82) is 0 Å². The first-order valence-electron chi connectivity index (χ1n) is 3.71. The number of phenols is 1. The van der Waals surface area contributed by atoms with Crippen LogP contribution in [-0.4, -0.2) is 10.1 Å². The van der Waals surface area contributed by atoms with Gasteiger partial charge in [-0.15, -0.1) is 0 Å². The number of halogens is 1. The monoisotopic (exact) mass is 194 g/mol. The number of benzene rings is 1. The molecule has 13 heavy (non-hydrogen) atoms. The zero-order chi connectivity index (χ0) is 9.42. The van der Waals surface area contributed by atoms with Gasteiger partial charge in [0.1, 0.15) is 10.9 Å². The van der Waals surface area contributed by atoms with Crippen LogP contribution in [0.4, 0.5) is 5.69 Å². The number of aromatic hydroxyl groups is 1. The molecular weight excluding hydrogens is 188 g/mol. The molecule has 0 radical (unpaired) electrons. The largest absolute Gasteiger partial charge is 0.508 e. The Balaban J connectivity index is 2.92. The van der Waals surface area contributed by atoms with Crippen molar-refractivity contribution in [3.8, 4) is 5.75 Å². The summed E-state index contributed by atoms with van der Waals surface area (Å²) >= 11 is 5.82. The fourth-order valence-electron chi connectivity index (χ4n) is 1.22. The fraction of sp³-hybridized carbons (Fsp3) is 0. The van der Waals surface area contributed by atoms with Crippen molar-refractivity contribution >= 4 is 28.1 Å². The van der Waals surface area contributed by atoms with E-state index in [1.165, 1.54) is 6.20 Å². The topological polar surface area (TPSA) is 59.1 Å². The molecule has 0 aliphatic carbocycles. The van der Waals surface area contributed by atoms with E-state index in [1.54, 1.807) is 18.2 Å². The minimum Gasteiger partial charge on any atom is -0.508 e. The highest BCUT2D eigenvalue weighted by Gasteiger charge is 2.03. The SMILES string of the molecule is Nc1cnc(Cl)c2cc(O)ccc12. The summed E-state index contributed by atoms with van der Waals surface area (Å²) in [7, 11) is 0. The van der Waals surface area contributed by atoms with E-state index in [9.17, 15) is 5.11 Å². The predicted octanol–water partition coefficient (Wildman–Crippen LogP) is 2.18. The van der Waals surface area contributed by atoms with Crippen molar-refractivity contribution in [2.75, 3.05) is 5.73 Å². The zero-order valence-electron chi connectivity index (χ0n) is 6.66. The molecule has 0 amide bonds. The molecule has 3 nitrogen and oxygen atoms in total. The zero-order valence-corrected chi connectivity index (χ0v) is 7.42. The number of nitrogen functional groups attached to an aromatic ring is 1. The van der Waals surface area contributed by atoms with Gasteiger partial charge in [-0.05, 0) is 18.2 Å². The van der Waals surface area contributed by atoms with E-state index in [4.69, 9.17) is 17.3 Å². The van der Waals surface area contributed by atoms with E-state index in [-0.39, 0.29) is 5.75 Å². The highest BCUT2D eigenvalue weighted by molar-refractivity contribution is 6.34. The summed E-state index contributed by atoms with van der Waals surface area (Å²) in [4.78, 5) is 3.88. The molecule has 0 spiro atoms. The van der Waals surface area contributed by atoms with Gasteiger partial charge in [-0.2, -0.15) is 0 Å². The van der Waals surface area contributed by atoms with Crippen LogP contribution in [0, 0.1) is 0 Å². The summed E-state index contributed by atoms with van der Waals surface area (Å²) < 4.78 is 0. The smallest absolute Gasteiger partial charge is 0.137 e. The number of rotatable bonds is 0. The normalized spacial score (nSPS) is 10.5. The molecule has 0 saturated heterocycles. The second-order valence-electron chi connectivity index (χ2n) is 2.73. The molecule has 4 heteroatoms. The van der Waals surface area contributed by atoms with Gasteiger partial charge in [-0.3, -0.25) is 0 Å². The third-order valence-electron chi connectivity index (χ3n) is 1.85. The second kappa shape index (κ2) is 2.78. The molecule has 0 aliphatic rings. The maximum absolute atomic E-state index is 9.22. The molecule has 1 heterocycles. The van der Waals surface area contributed by atoms with Crippen LogP contribution < -0.4 is 5.73 Å². The Morgan fingerprint density at radius 3 is 2.85 bits per heavy atom. The van der Waals surface area contributed by atoms with Gasteiger partial charge >= 0.3 is 0 Å². The van der Waals surface area contributed by atoms with Crippen LogP contribution in [0.3, 0.4) is 0 Å². The van der Waals surface area contributed by atoms with Gasteiger partial charge in [0.2, 0.25) is 0 Å². The molecule has 3 N–H and O–H groups in total. The number of phenolic OH excluding ortho intramolecular Hbond substituents is 1. The summed E-state index contributed by atoms with van der Waals surface area (Å²) in [5.41, 5.74) is 6.23. The lowest BCUT2D eigenvalue weighted by atomic mass is 10.1. The lowest BCUT2D eigenvalue weighted by Crippen LogP contribution is -1.89. The minimum absolute atomic E-state index is 0.154. The number of fused-ring (bicyclic) bond motifs is 1. The fourth-order valence-corrected chi connectivity index (χ4v) is 1.43. The van der Waals surface area contributed by atoms with Crippen LogP contribution in [0.15, 0.2) is 24.4 Å². The summed E-state index contributed by atoms with van der Waals surface area (Å²) in [5.74, 6) is 0.154. The van der Waals surface area contributed by atoms with Crippen LogP contribution in [0.2, 0.25) is 5.15 Å². The molecule has 0 aliphatic heterocycles. The van der Waals surface area contributed by atoms with Crippen molar-refractivity contribution in [2.45, 2.75) is 0 Å². The summed E-state index contributed by atoms with van der Waals surface area (Å²) in [6.07, 6.45) is 1.50. The Morgan fingerprint density at radius 2 is 2.08 bits per heavy atom. The van der Waals surface area contributed by atoms with Crippen molar-refractivity contribution in [3.63, 3.8) is 0 Å². The standard InChI is InChI=1S/C9H7ClN2O/c10-9-7-3-5(13)1-2-6(7)8(11)4-12-9/h1-4,13H,11H2. The molecule has 66 valence electrons. The van der Waals surface area contributed by atoms with E-state index in [0.29, 0.717) is 16.2 Å². The first-order valence-corrected chi connectivity index (χ1v) is 4.09. The van der Waals surface area contributed by atoms with Gasteiger partial charge in [0.25, 0.3) is 0 Å². The van der Waals surface area contributed by atoms with Crippen LogP contribution in [0.5, 0.6) is 5.75 Å². The van der Waals surface area contributed by atoms with Gasteiger partial charge in [0.15, 0.2) is 0 Å². The van der Waals surface area contributed by atoms with Gasteiger partial charge < -0.3 is 10.8 Å². The Labute approximate surface area is 79.8 Å². The van der Waals surface area contributed by atoms with Gasteiger partial charge in [-0.25, -0.2) is 4.98 Å². The van der Waals surface area contributed by atoms with Crippen molar-refractivity contribution < 1.29 is 5.11 Å². The van der Waals surface area contributed by atoms with E-state index >= 15 is 0 Å². The number of anilines is 1. The Kier molecular flexibility index (Phi) is 1.74. The number of nitrogens with zero attached hydrogens (tertiary/aromatic N) is 1. The highest BCUT2D eigenvalue weighted by Crippen LogP contribution is 2.28. The van der Waals surface area contributed by atoms with E-state index in [2.05, 4.69) is 4.98 Å². The van der Waals surface area contributed by atoms with Crippen molar-refractivity contribution in [3.05, 3.63) is 29.5 Å². The van der Waals surface area contributed by atoms with Crippen molar-refractivity contribution in [2.24, 2.45) is 0 Å². The Bertz CT molecular complexity index is 470. The predicted molar refractivity (Wildman–Crippen MR) is 52.8 cm³/mol. The molecule has 0 bridgehead atoms. The van der Waals surface area contributed by atoms with Crippen molar-refractivity contribution in [1.82, 2.24) is 4.98 Å². The molecular formula is C9H7ClN2O. The third-order valence-corrected chi connectivity index (χ3v) is 2.15. The Morgan fingerprint density at radius 1 is 1.31 bits per heavy atom. The quantitative estimate of drug-likeness (QED) is 0.632. The number of hydrogen-bond acceptors (Lipinski definition) is 3. The van der Waals surface area contributed by atoms with Gasteiger partial charge in [0.05, 0.1) is 11.9 Å². The molecule has 0 unspecified atom stereocenters. The number of nitrogens with two attached hydrogens (primary N) is 1.